The van der Waals surface area contributed by atoms with Gasteiger partial charge in [-0.1, -0.05) is 26.0 Å². The second-order valence-corrected chi connectivity index (χ2v) is 9.39. The maximum atomic E-state index is 15.0. The Hall–Kier alpha value is -3.73. The summed E-state index contributed by atoms with van der Waals surface area (Å²) in [6.45, 7) is 4.45. The van der Waals surface area contributed by atoms with Gasteiger partial charge in [-0.15, -0.1) is 10.2 Å². The van der Waals surface area contributed by atoms with Crippen LogP contribution in [0.3, 0.4) is 0 Å². The van der Waals surface area contributed by atoms with Crippen LogP contribution in [0.15, 0.2) is 48.5 Å². The molecule has 37 heavy (non-hydrogen) atoms. The number of carbonyl (C=O) groups excluding carboxylic acids is 2. The summed E-state index contributed by atoms with van der Waals surface area (Å²) < 4.78 is 33.8. The van der Waals surface area contributed by atoms with Crippen LogP contribution in [0.25, 0.3) is 11.4 Å². The second-order valence-electron chi connectivity index (χ2n) is 9.39. The zero-order valence-corrected chi connectivity index (χ0v) is 20.8. The summed E-state index contributed by atoms with van der Waals surface area (Å²) in [5.41, 5.74) is 0.515. The smallest absolute Gasteiger partial charge is 0.251 e. The van der Waals surface area contributed by atoms with Gasteiger partial charge in [0.1, 0.15) is 24.2 Å². The van der Waals surface area contributed by atoms with Crippen LogP contribution >= 0.6 is 0 Å². The van der Waals surface area contributed by atoms with Crippen LogP contribution in [0.5, 0.6) is 0 Å². The second kappa shape index (κ2) is 12.0. The summed E-state index contributed by atoms with van der Waals surface area (Å²) in [5, 5.41) is 15.0. The number of rotatable bonds is 10. The Morgan fingerprint density at radius 2 is 1.92 bits per heavy atom. The minimum Gasteiger partial charge on any atom is -0.376 e. The number of anilines is 1. The molecule has 196 valence electrons. The summed E-state index contributed by atoms with van der Waals surface area (Å²) in [6.07, 6.45) is 2.01. The lowest BCUT2D eigenvalue weighted by molar-refractivity contribution is -0.127. The Balaban J connectivity index is 1.59. The first-order valence-corrected chi connectivity index (χ1v) is 12.3. The van der Waals surface area contributed by atoms with E-state index in [2.05, 4.69) is 20.7 Å². The van der Waals surface area contributed by atoms with E-state index in [0.717, 1.165) is 17.6 Å². The summed E-state index contributed by atoms with van der Waals surface area (Å²) >= 11 is 0. The molecule has 1 aliphatic heterocycles. The van der Waals surface area contributed by atoms with Gasteiger partial charge in [-0.25, -0.2) is 8.78 Å². The van der Waals surface area contributed by atoms with E-state index in [4.69, 9.17) is 4.74 Å². The van der Waals surface area contributed by atoms with Crippen LogP contribution in [0, 0.1) is 17.6 Å². The van der Waals surface area contributed by atoms with Crippen LogP contribution < -0.4 is 10.2 Å². The molecule has 1 N–H and O–H groups in total. The molecule has 1 aromatic heterocycles. The van der Waals surface area contributed by atoms with Crippen molar-refractivity contribution in [1.29, 1.82) is 0 Å². The third kappa shape index (κ3) is 6.73. The molecule has 0 aliphatic carbocycles. The van der Waals surface area contributed by atoms with Crippen molar-refractivity contribution in [3.05, 3.63) is 60.2 Å². The zero-order chi connectivity index (χ0) is 26.4. The first-order valence-electron chi connectivity index (χ1n) is 12.3. The Kier molecular flexibility index (Phi) is 8.54. The molecule has 0 spiro atoms. The molecule has 0 radical (unpaired) electrons. The lowest BCUT2D eigenvalue weighted by atomic mass is 10.00. The van der Waals surface area contributed by atoms with Gasteiger partial charge < -0.3 is 10.1 Å². The number of benzene rings is 2. The van der Waals surface area contributed by atoms with Crippen LogP contribution in [-0.2, 0) is 20.9 Å². The Morgan fingerprint density at radius 3 is 2.59 bits per heavy atom. The average Bonchev–Trinajstić information content (AvgIpc) is 3.56. The summed E-state index contributed by atoms with van der Waals surface area (Å²) in [6, 6.07) is 10.4. The molecular weight excluding hydrogens is 482 g/mol. The van der Waals surface area contributed by atoms with Crippen molar-refractivity contribution in [3.8, 4) is 11.4 Å². The third-order valence-electron chi connectivity index (χ3n) is 6.05. The fraction of sp³-hybridized carbons (Fsp3) is 0.423. The maximum absolute atomic E-state index is 15.0. The van der Waals surface area contributed by atoms with E-state index < -0.39 is 23.6 Å². The van der Waals surface area contributed by atoms with Gasteiger partial charge in [0.25, 0.3) is 5.91 Å². The lowest BCUT2D eigenvalue weighted by Gasteiger charge is -2.32. The van der Waals surface area contributed by atoms with Crippen molar-refractivity contribution in [3.63, 3.8) is 0 Å². The number of halogens is 2. The molecule has 1 fully saturated rings. The minimum absolute atomic E-state index is 0.00992. The quantitative estimate of drug-likeness (QED) is 0.447. The van der Waals surface area contributed by atoms with Gasteiger partial charge >= 0.3 is 0 Å². The molecule has 2 aromatic carbocycles. The molecule has 0 saturated carbocycles. The molecule has 2 amide bonds. The monoisotopic (exact) mass is 512 g/mol. The van der Waals surface area contributed by atoms with E-state index in [0.29, 0.717) is 25.1 Å². The largest absolute Gasteiger partial charge is 0.376 e. The van der Waals surface area contributed by atoms with Crippen molar-refractivity contribution >= 4 is 17.5 Å². The first kappa shape index (κ1) is 26.3. The summed E-state index contributed by atoms with van der Waals surface area (Å²) in [5.74, 6) is -1.75. The van der Waals surface area contributed by atoms with Crippen molar-refractivity contribution in [2.24, 2.45) is 5.92 Å². The molecule has 3 aromatic rings. The Morgan fingerprint density at radius 1 is 1.16 bits per heavy atom. The molecule has 0 unspecified atom stereocenters. The number of hydrogen-bond acceptors (Lipinski definition) is 6. The number of aromatic nitrogens is 4. The van der Waals surface area contributed by atoms with Crippen LogP contribution in [-0.4, -0.2) is 57.3 Å². The number of hydrogen-bond donors (Lipinski definition) is 1. The molecule has 11 heteroatoms. The number of para-hydroxylation sites is 1. The highest BCUT2D eigenvalue weighted by Crippen LogP contribution is 2.25. The predicted octanol–water partition coefficient (Wildman–Crippen LogP) is 3.36. The molecule has 2 heterocycles. The standard InChI is InChI=1S/C26H30F2N6O3/c1-17(2)14-23(26(36)29-15-20-6-5-13-37-20)34(22-8-4-3-7-21(22)28)24(35)16-33-31-25(30-32-33)18-9-11-19(27)12-10-18/h3-4,7-12,17,20,23H,5-6,13-16H2,1-2H3,(H,29,36)/t20-,23+/m0/s1. The molecule has 4 rings (SSSR count). The lowest BCUT2D eigenvalue weighted by Crippen LogP contribution is -2.52. The van der Waals surface area contributed by atoms with Crippen LogP contribution in [0.1, 0.15) is 33.1 Å². The maximum Gasteiger partial charge on any atom is 0.251 e. The van der Waals surface area contributed by atoms with Gasteiger partial charge in [0.2, 0.25) is 11.7 Å². The van der Waals surface area contributed by atoms with Gasteiger partial charge in [-0.05, 0) is 66.8 Å². The van der Waals surface area contributed by atoms with Gasteiger partial charge in [-0.2, -0.15) is 4.80 Å². The summed E-state index contributed by atoms with van der Waals surface area (Å²) in [4.78, 5) is 29.2. The topological polar surface area (TPSA) is 102 Å². The number of amides is 2. The normalized spacial score (nSPS) is 16.1. The highest BCUT2D eigenvalue weighted by Gasteiger charge is 2.34. The average molecular weight is 513 g/mol. The fourth-order valence-electron chi connectivity index (χ4n) is 4.26. The summed E-state index contributed by atoms with van der Waals surface area (Å²) in [7, 11) is 0. The number of ether oxygens (including phenoxy) is 1. The number of tetrazole rings is 1. The number of nitrogens with zero attached hydrogens (tertiary/aromatic N) is 5. The molecular formula is C26H30F2N6O3. The molecule has 0 bridgehead atoms. The van der Waals surface area contributed by atoms with Crippen molar-refractivity contribution in [2.75, 3.05) is 18.1 Å². The highest BCUT2D eigenvalue weighted by atomic mass is 19.1. The number of nitrogens with one attached hydrogen (secondary N) is 1. The third-order valence-corrected chi connectivity index (χ3v) is 6.05. The Labute approximate surface area is 213 Å². The van der Waals surface area contributed by atoms with E-state index in [1.807, 2.05) is 13.8 Å². The predicted molar refractivity (Wildman–Crippen MR) is 132 cm³/mol. The highest BCUT2D eigenvalue weighted by molar-refractivity contribution is 6.00. The van der Waals surface area contributed by atoms with Crippen LogP contribution in [0.4, 0.5) is 14.5 Å². The molecule has 1 aliphatic rings. The Bertz CT molecular complexity index is 1210. The SMILES string of the molecule is CC(C)C[C@H](C(=O)NC[C@@H]1CCCO1)N(C(=O)Cn1nnc(-c2ccc(F)cc2)n1)c1ccccc1F. The van der Waals surface area contributed by atoms with E-state index in [9.17, 15) is 18.4 Å². The first-order chi connectivity index (χ1) is 17.8. The molecule has 9 nitrogen and oxygen atoms in total. The molecule has 1 saturated heterocycles. The van der Waals surface area contributed by atoms with E-state index in [-0.39, 0.29) is 36.0 Å². The minimum atomic E-state index is -0.967. The van der Waals surface area contributed by atoms with E-state index in [1.165, 1.54) is 47.4 Å². The number of carbonyl (C=O) groups is 2. The van der Waals surface area contributed by atoms with E-state index in [1.54, 1.807) is 6.07 Å². The van der Waals surface area contributed by atoms with E-state index >= 15 is 0 Å². The molecule has 2 atom stereocenters. The van der Waals surface area contributed by atoms with Gasteiger partial charge in [0.15, 0.2) is 0 Å². The van der Waals surface area contributed by atoms with Crippen molar-refractivity contribution < 1.29 is 23.1 Å². The van der Waals surface area contributed by atoms with Crippen molar-refractivity contribution in [2.45, 2.75) is 51.8 Å². The fourth-order valence-corrected chi connectivity index (χ4v) is 4.26. The van der Waals surface area contributed by atoms with Crippen molar-refractivity contribution in [1.82, 2.24) is 25.5 Å². The zero-order valence-electron chi connectivity index (χ0n) is 20.8. The van der Waals surface area contributed by atoms with Gasteiger partial charge in [0.05, 0.1) is 11.8 Å². The van der Waals surface area contributed by atoms with Gasteiger partial charge in [0, 0.05) is 18.7 Å². The van der Waals surface area contributed by atoms with Crippen LogP contribution in [0.2, 0.25) is 0 Å². The van der Waals surface area contributed by atoms with Gasteiger partial charge in [-0.3, -0.25) is 14.5 Å².